The lowest BCUT2D eigenvalue weighted by molar-refractivity contribution is 0.380. The standard InChI is InChI=1S/C13H24N2O3S2/c1-5-19-9-8-11(2)14-10-12-6-7-13(18-12)20(16,17)15(3)4/h6-7,11,14H,5,8-10H2,1-4H3. The van der Waals surface area contributed by atoms with Gasteiger partial charge in [0, 0.05) is 20.1 Å². The minimum atomic E-state index is -3.48. The van der Waals surface area contributed by atoms with Gasteiger partial charge in [-0.25, -0.2) is 12.7 Å². The Kier molecular flexibility index (Phi) is 7.08. The van der Waals surface area contributed by atoms with E-state index in [1.807, 2.05) is 11.8 Å². The Labute approximate surface area is 126 Å². The fourth-order valence-corrected chi connectivity index (χ4v) is 3.17. The Morgan fingerprint density at radius 1 is 1.40 bits per heavy atom. The smallest absolute Gasteiger partial charge is 0.275 e. The van der Waals surface area contributed by atoms with Crippen LogP contribution in [-0.4, -0.2) is 44.4 Å². The van der Waals surface area contributed by atoms with Gasteiger partial charge in [0.25, 0.3) is 10.0 Å². The Bertz CT molecular complexity index is 497. The van der Waals surface area contributed by atoms with E-state index >= 15 is 0 Å². The molecule has 0 aromatic carbocycles. The van der Waals surface area contributed by atoms with E-state index in [9.17, 15) is 8.42 Å². The van der Waals surface area contributed by atoms with Crippen molar-refractivity contribution in [1.29, 1.82) is 0 Å². The van der Waals surface area contributed by atoms with Crippen molar-refractivity contribution in [2.45, 2.75) is 37.9 Å². The van der Waals surface area contributed by atoms with Gasteiger partial charge in [-0.1, -0.05) is 6.92 Å². The van der Waals surface area contributed by atoms with E-state index in [2.05, 4.69) is 19.2 Å². The number of nitrogens with zero attached hydrogens (tertiary/aromatic N) is 1. The van der Waals surface area contributed by atoms with Crippen molar-refractivity contribution in [3.05, 3.63) is 17.9 Å². The highest BCUT2D eigenvalue weighted by molar-refractivity contribution is 7.99. The third-order valence-corrected chi connectivity index (χ3v) is 5.52. The summed E-state index contributed by atoms with van der Waals surface area (Å²) in [5.74, 6) is 2.90. The molecular formula is C13H24N2O3S2. The summed E-state index contributed by atoms with van der Waals surface area (Å²) < 4.78 is 30.3. The predicted molar refractivity (Wildman–Crippen MR) is 83.5 cm³/mol. The minimum Gasteiger partial charge on any atom is -0.447 e. The summed E-state index contributed by atoms with van der Waals surface area (Å²) in [5.41, 5.74) is 0. The molecule has 0 bridgehead atoms. The van der Waals surface area contributed by atoms with E-state index < -0.39 is 10.0 Å². The third-order valence-electron chi connectivity index (χ3n) is 2.90. The average Bonchev–Trinajstić information content (AvgIpc) is 2.86. The summed E-state index contributed by atoms with van der Waals surface area (Å²) in [7, 11) is -0.498. The quantitative estimate of drug-likeness (QED) is 0.706. The first-order chi connectivity index (χ1) is 9.37. The van der Waals surface area contributed by atoms with Crippen molar-refractivity contribution in [1.82, 2.24) is 9.62 Å². The zero-order valence-corrected chi connectivity index (χ0v) is 14.2. The normalized spacial score (nSPS) is 13.8. The second kappa shape index (κ2) is 8.07. The lowest BCUT2D eigenvalue weighted by Crippen LogP contribution is -2.25. The molecule has 0 saturated heterocycles. The lowest BCUT2D eigenvalue weighted by Gasteiger charge is -2.12. The Hall–Kier alpha value is -0.500. The maximum absolute atomic E-state index is 11.9. The van der Waals surface area contributed by atoms with Gasteiger partial charge in [0.1, 0.15) is 5.76 Å². The molecule has 20 heavy (non-hydrogen) atoms. The average molecular weight is 320 g/mol. The van der Waals surface area contributed by atoms with Crippen LogP contribution in [0.3, 0.4) is 0 Å². The highest BCUT2D eigenvalue weighted by Gasteiger charge is 2.21. The minimum absolute atomic E-state index is 0.00603. The van der Waals surface area contributed by atoms with E-state index in [0.717, 1.165) is 22.2 Å². The Morgan fingerprint density at radius 3 is 2.70 bits per heavy atom. The molecule has 0 amide bonds. The monoisotopic (exact) mass is 320 g/mol. The first-order valence-corrected chi connectivity index (χ1v) is 9.29. The number of nitrogens with one attached hydrogen (secondary N) is 1. The van der Waals surface area contributed by atoms with Crippen LogP contribution < -0.4 is 5.32 Å². The number of sulfonamides is 1. The number of thioether (sulfide) groups is 1. The van der Waals surface area contributed by atoms with Crippen LogP contribution in [-0.2, 0) is 16.6 Å². The molecule has 7 heteroatoms. The molecule has 0 radical (unpaired) electrons. The Morgan fingerprint density at radius 2 is 2.10 bits per heavy atom. The van der Waals surface area contributed by atoms with E-state index in [-0.39, 0.29) is 5.09 Å². The van der Waals surface area contributed by atoms with Crippen molar-refractivity contribution in [2.24, 2.45) is 0 Å². The van der Waals surface area contributed by atoms with Crippen molar-refractivity contribution in [3.8, 4) is 0 Å². The number of furan rings is 1. The van der Waals surface area contributed by atoms with Crippen LogP contribution in [0.25, 0.3) is 0 Å². The van der Waals surface area contributed by atoms with E-state index in [4.69, 9.17) is 4.42 Å². The van der Waals surface area contributed by atoms with Gasteiger partial charge in [0.05, 0.1) is 6.54 Å². The molecule has 0 fully saturated rings. The van der Waals surface area contributed by atoms with Crippen molar-refractivity contribution in [3.63, 3.8) is 0 Å². The molecule has 0 saturated carbocycles. The molecule has 1 N–H and O–H groups in total. The fraction of sp³-hybridized carbons (Fsp3) is 0.692. The van der Waals surface area contributed by atoms with Gasteiger partial charge < -0.3 is 9.73 Å². The molecule has 0 spiro atoms. The largest absolute Gasteiger partial charge is 0.447 e. The zero-order chi connectivity index (χ0) is 15.2. The van der Waals surface area contributed by atoms with Gasteiger partial charge in [-0.3, -0.25) is 0 Å². The molecule has 1 atom stereocenters. The van der Waals surface area contributed by atoms with Crippen LogP contribution >= 0.6 is 11.8 Å². The maximum atomic E-state index is 11.9. The summed E-state index contributed by atoms with van der Waals surface area (Å²) in [4.78, 5) is 0. The van der Waals surface area contributed by atoms with Crippen LogP contribution in [0.5, 0.6) is 0 Å². The molecule has 116 valence electrons. The number of hydrogen-bond donors (Lipinski definition) is 1. The topological polar surface area (TPSA) is 62.6 Å². The second-order valence-electron chi connectivity index (χ2n) is 4.78. The summed E-state index contributed by atoms with van der Waals surface area (Å²) in [6, 6.07) is 3.59. The van der Waals surface area contributed by atoms with Gasteiger partial charge in [0.2, 0.25) is 5.09 Å². The van der Waals surface area contributed by atoms with Crippen molar-refractivity contribution < 1.29 is 12.8 Å². The highest BCUT2D eigenvalue weighted by atomic mass is 32.2. The van der Waals surface area contributed by atoms with Crippen LogP contribution in [0.4, 0.5) is 0 Å². The molecule has 0 aliphatic rings. The van der Waals surface area contributed by atoms with Crippen LogP contribution in [0.2, 0.25) is 0 Å². The van der Waals surface area contributed by atoms with E-state index in [0.29, 0.717) is 18.3 Å². The first-order valence-electron chi connectivity index (χ1n) is 6.70. The number of rotatable bonds is 9. The molecule has 1 aromatic rings. The molecule has 1 aromatic heterocycles. The molecule has 0 aliphatic heterocycles. The summed E-state index contributed by atoms with van der Waals surface area (Å²) in [6.45, 7) is 4.82. The van der Waals surface area contributed by atoms with Crippen molar-refractivity contribution in [2.75, 3.05) is 25.6 Å². The van der Waals surface area contributed by atoms with Crippen molar-refractivity contribution >= 4 is 21.8 Å². The molecule has 0 aliphatic carbocycles. The highest BCUT2D eigenvalue weighted by Crippen LogP contribution is 2.17. The molecule has 1 heterocycles. The van der Waals surface area contributed by atoms with Crippen LogP contribution in [0, 0.1) is 0 Å². The van der Waals surface area contributed by atoms with Gasteiger partial charge in [-0.2, -0.15) is 11.8 Å². The molecular weight excluding hydrogens is 296 g/mol. The summed E-state index contributed by atoms with van der Waals surface area (Å²) in [5, 5.41) is 3.33. The van der Waals surface area contributed by atoms with Gasteiger partial charge in [0.15, 0.2) is 0 Å². The van der Waals surface area contributed by atoms with E-state index in [1.54, 1.807) is 6.07 Å². The summed E-state index contributed by atoms with van der Waals surface area (Å²) >= 11 is 1.92. The summed E-state index contributed by atoms with van der Waals surface area (Å²) in [6.07, 6.45) is 1.09. The lowest BCUT2D eigenvalue weighted by atomic mass is 10.2. The number of hydrogen-bond acceptors (Lipinski definition) is 5. The zero-order valence-electron chi connectivity index (χ0n) is 12.5. The predicted octanol–water partition coefficient (Wildman–Crippen LogP) is 2.15. The van der Waals surface area contributed by atoms with Crippen LogP contribution in [0.1, 0.15) is 26.0 Å². The van der Waals surface area contributed by atoms with Gasteiger partial charge >= 0.3 is 0 Å². The molecule has 1 rings (SSSR count). The first kappa shape index (κ1) is 17.6. The van der Waals surface area contributed by atoms with Gasteiger partial charge in [-0.15, -0.1) is 0 Å². The van der Waals surface area contributed by atoms with Crippen LogP contribution in [0.15, 0.2) is 21.6 Å². The van der Waals surface area contributed by atoms with Gasteiger partial charge in [-0.05, 0) is 37.0 Å². The Balaban J connectivity index is 2.49. The second-order valence-corrected chi connectivity index (χ2v) is 8.25. The maximum Gasteiger partial charge on any atom is 0.275 e. The SMILES string of the molecule is CCSCCC(C)NCc1ccc(S(=O)(=O)N(C)C)o1. The third kappa shape index (κ3) is 5.12. The molecule has 1 unspecified atom stereocenters. The fourth-order valence-electron chi connectivity index (χ4n) is 1.55. The molecule has 5 nitrogen and oxygen atoms in total. The van der Waals surface area contributed by atoms with E-state index in [1.165, 1.54) is 20.2 Å².